The van der Waals surface area contributed by atoms with Crippen molar-refractivity contribution in [1.29, 1.82) is 0 Å². The van der Waals surface area contributed by atoms with Gasteiger partial charge in [-0.25, -0.2) is 4.79 Å². The van der Waals surface area contributed by atoms with Crippen molar-refractivity contribution in [2.75, 3.05) is 89.7 Å². The monoisotopic (exact) mass is 859 g/mol. The lowest BCUT2D eigenvalue weighted by atomic mass is 9.96. The Kier molecular flexibility index (Phi) is 22.6. The van der Waals surface area contributed by atoms with Crippen molar-refractivity contribution in [2.24, 2.45) is 0 Å². The van der Waals surface area contributed by atoms with E-state index in [1.165, 1.54) is 6.92 Å². The van der Waals surface area contributed by atoms with Crippen LogP contribution in [-0.4, -0.2) is 159 Å². The third kappa shape index (κ3) is 18.5. The van der Waals surface area contributed by atoms with Crippen molar-refractivity contribution in [2.45, 2.75) is 56.6 Å². The summed E-state index contributed by atoms with van der Waals surface area (Å²) in [6, 6.07) is 15.8. The fourth-order valence-corrected chi connectivity index (χ4v) is 5.85. The van der Waals surface area contributed by atoms with Gasteiger partial charge in [0, 0.05) is 39.5 Å². The fourth-order valence-electron chi connectivity index (χ4n) is 5.85. The quantitative estimate of drug-likeness (QED) is 0.0243. The minimum Gasteiger partial charge on any atom is -0.479 e. The van der Waals surface area contributed by atoms with Gasteiger partial charge < -0.3 is 71.1 Å². The molecule has 3 rings (SSSR count). The maximum atomic E-state index is 12.6. The number of amides is 3. The summed E-state index contributed by atoms with van der Waals surface area (Å²) in [6.07, 6.45) is -7.26. The molecule has 10 N–H and O–H groups in total. The fraction of sp³-hybridized carbons (Fsp3) is 0.512. The van der Waals surface area contributed by atoms with Gasteiger partial charge in [0.25, 0.3) is 10.9 Å². The highest BCUT2D eigenvalue weighted by Gasteiger charge is 2.32. The Morgan fingerprint density at radius 3 is 1.79 bits per heavy atom. The van der Waals surface area contributed by atoms with Gasteiger partial charge in [0.15, 0.2) is 6.10 Å². The summed E-state index contributed by atoms with van der Waals surface area (Å²) in [5, 5.41) is 64.3. The zero-order valence-corrected chi connectivity index (χ0v) is 34.0. The van der Waals surface area contributed by atoms with Crippen molar-refractivity contribution in [1.82, 2.24) is 16.0 Å². The van der Waals surface area contributed by atoms with Crippen LogP contribution >= 0.6 is 0 Å². The SMILES string of the molecule is CC(=O)NCCOCCNc1c(NCCOCCOCCOC(C[C@H](O)[C@H](C[C@H](O)[C@H](O)CNC(=O)Cc2ccc(-c3ccccc3)cc2)NC(=O)CO)C(=O)O)c(=O)c1=O. The molecule has 336 valence electrons. The molecule has 0 fully saturated rings. The number of rotatable bonds is 32. The van der Waals surface area contributed by atoms with Gasteiger partial charge in [-0.05, 0) is 23.1 Å². The average molecular weight is 860 g/mol. The average Bonchev–Trinajstić information content (AvgIpc) is 3.25. The number of carbonyl (C=O) groups excluding carboxylic acids is 3. The Morgan fingerprint density at radius 1 is 0.639 bits per heavy atom. The van der Waals surface area contributed by atoms with E-state index in [-0.39, 0.29) is 83.0 Å². The van der Waals surface area contributed by atoms with E-state index in [0.29, 0.717) is 13.2 Å². The zero-order chi connectivity index (χ0) is 44.6. The molecule has 61 heavy (non-hydrogen) atoms. The Labute approximate surface area is 352 Å². The molecule has 5 atom stereocenters. The molecule has 1 unspecified atom stereocenters. The second kappa shape index (κ2) is 27.5. The summed E-state index contributed by atoms with van der Waals surface area (Å²) in [4.78, 5) is 71.2. The zero-order valence-electron chi connectivity index (χ0n) is 34.0. The number of aliphatic hydroxyl groups excluding tert-OH is 4. The smallest absolute Gasteiger partial charge is 0.332 e. The number of carboxylic acid groups (broad SMARTS) is 1. The van der Waals surface area contributed by atoms with Gasteiger partial charge in [-0.2, -0.15) is 0 Å². The number of nitrogens with one attached hydrogen (secondary N) is 5. The highest BCUT2D eigenvalue weighted by molar-refractivity contribution is 5.79. The predicted molar refractivity (Wildman–Crippen MR) is 222 cm³/mol. The summed E-state index contributed by atoms with van der Waals surface area (Å²) in [6.45, 7) is 1.66. The first-order valence-electron chi connectivity index (χ1n) is 19.8. The molecule has 0 saturated carbocycles. The first-order valence-corrected chi connectivity index (χ1v) is 19.8. The molecular weight excluding hydrogens is 802 g/mol. The Morgan fingerprint density at radius 2 is 1.20 bits per heavy atom. The highest BCUT2D eigenvalue weighted by Crippen LogP contribution is 2.20. The van der Waals surface area contributed by atoms with E-state index in [0.717, 1.165) is 16.7 Å². The summed E-state index contributed by atoms with van der Waals surface area (Å²) in [7, 11) is 0. The standard InChI is InChI=1S/C41H57N5O15/c1-26(48)42-11-14-58-15-12-43-37-38(40(55)39(37)54)44-13-16-59-17-18-60-19-20-61-34(41(56)57)23-31(49)30(46-36(53)25-47)22-32(50)33(51)24-45-35(52)21-27-7-9-29(10-8-27)28-5-3-2-4-6-28/h2-10,30-34,43-44,47,49-51H,11-25H2,1H3,(H,42,48)(H,45,52)(H,46,53)(H,56,57)/t30-,31-,32-,33+,34?/m0/s1. The van der Waals surface area contributed by atoms with Crippen molar-refractivity contribution < 1.29 is 63.7 Å². The van der Waals surface area contributed by atoms with Crippen LogP contribution < -0.4 is 37.4 Å². The number of ether oxygens (including phenoxy) is 4. The number of benzene rings is 2. The van der Waals surface area contributed by atoms with E-state index in [4.69, 9.17) is 18.9 Å². The van der Waals surface area contributed by atoms with Crippen LogP contribution in [-0.2, 0) is 44.5 Å². The van der Waals surface area contributed by atoms with Crippen molar-refractivity contribution in [3.8, 4) is 11.1 Å². The molecule has 0 heterocycles. The van der Waals surface area contributed by atoms with E-state index in [2.05, 4.69) is 26.6 Å². The number of carbonyl (C=O) groups is 4. The Bertz CT molecular complexity index is 1860. The van der Waals surface area contributed by atoms with Crippen LogP contribution in [0.4, 0.5) is 11.4 Å². The Hall–Kier alpha value is -5.32. The summed E-state index contributed by atoms with van der Waals surface area (Å²) >= 11 is 0. The molecule has 20 nitrogen and oxygen atoms in total. The van der Waals surface area contributed by atoms with E-state index < -0.39 is 78.5 Å². The van der Waals surface area contributed by atoms with Crippen LogP contribution in [0, 0.1) is 0 Å². The molecule has 3 aromatic rings. The minimum absolute atomic E-state index is 0.00933. The number of aliphatic hydroxyl groups is 4. The number of aliphatic carboxylic acids is 1. The van der Waals surface area contributed by atoms with Gasteiger partial charge in [-0.3, -0.25) is 24.0 Å². The largest absolute Gasteiger partial charge is 0.479 e. The summed E-state index contributed by atoms with van der Waals surface area (Å²) in [5.41, 5.74) is 1.74. The molecule has 0 aliphatic heterocycles. The van der Waals surface area contributed by atoms with Crippen LogP contribution in [0.25, 0.3) is 11.1 Å². The highest BCUT2D eigenvalue weighted by atomic mass is 16.6. The van der Waals surface area contributed by atoms with Crippen LogP contribution in [0.5, 0.6) is 0 Å². The molecular formula is C41H57N5O15. The topological polar surface area (TPSA) is 301 Å². The molecule has 0 radical (unpaired) electrons. The summed E-state index contributed by atoms with van der Waals surface area (Å²) < 4.78 is 21.6. The van der Waals surface area contributed by atoms with Crippen LogP contribution in [0.3, 0.4) is 0 Å². The molecule has 3 amide bonds. The maximum Gasteiger partial charge on any atom is 0.332 e. The van der Waals surface area contributed by atoms with E-state index in [9.17, 15) is 54.3 Å². The summed E-state index contributed by atoms with van der Waals surface area (Å²) in [5.74, 6) is -2.93. The molecule has 20 heteroatoms. The van der Waals surface area contributed by atoms with Gasteiger partial charge in [-0.15, -0.1) is 0 Å². The first kappa shape index (κ1) is 50.0. The number of hydrogen-bond acceptors (Lipinski definition) is 16. The van der Waals surface area contributed by atoms with Crippen LogP contribution in [0.15, 0.2) is 64.2 Å². The maximum absolute atomic E-state index is 12.6. The van der Waals surface area contributed by atoms with E-state index in [1.54, 1.807) is 0 Å². The normalized spacial score (nSPS) is 13.7. The van der Waals surface area contributed by atoms with Gasteiger partial charge in [0.2, 0.25) is 17.7 Å². The predicted octanol–water partition coefficient (Wildman–Crippen LogP) is -1.87. The van der Waals surface area contributed by atoms with Gasteiger partial charge in [-0.1, -0.05) is 54.6 Å². The number of hydrogen-bond donors (Lipinski definition) is 10. The van der Waals surface area contributed by atoms with Crippen molar-refractivity contribution >= 4 is 35.1 Å². The van der Waals surface area contributed by atoms with Crippen molar-refractivity contribution in [3.63, 3.8) is 0 Å². The number of carboxylic acids is 1. The molecule has 3 aromatic carbocycles. The molecule has 0 aliphatic carbocycles. The molecule has 0 aliphatic rings. The lowest BCUT2D eigenvalue weighted by Gasteiger charge is -2.29. The minimum atomic E-state index is -1.60. The van der Waals surface area contributed by atoms with Crippen molar-refractivity contribution in [3.05, 3.63) is 80.6 Å². The molecule has 0 spiro atoms. The molecule has 0 saturated heterocycles. The van der Waals surface area contributed by atoms with Gasteiger partial charge in [0.1, 0.15) is 18.0 Å². The van der Waals surface area contributed by atoms with Crippen LogP contribution in [0.1, 0.15) is 25.3 Å². The second-order valence-electron chi connectivity index (χ2n) is 13.8. The number of anilines is 2. The lowest BCUT2D eigenvalue weighted by molar-refractivity contribution is -0.154. The lowest BCUT2D eigenvalue weighted by Crippen LogP contribution is -2.50. The van der Waals surface area contributed by atoms with E-state index in [1.807, 2.05) is 54.6 Å². The second-order valence-corrected chi connectivity index (χ2v) is 13.8. The molecule has 0 aromatic heterocycles. The van der Waals surface area contributed by atoms with E-state index >= 15 is 0 Å². The molecule has 0 bridgehead atoms. The third-order valence-corrected chi connectivity index (χ3v) is 9.10. The van der Waals surface area contributed by atoms with Gasteiger partial charge in [0.05, 0.1) is 77.0 Å². The third-order valence-electron chi connectivity index (χ3n) is 9.10. The first-order chi connectivity index (χ1) is 29.3. The Balaban J connectivity index is 1.32. The van der Waals surface area contributed by atoms with Gasteiger partial charge >= 0.3 is 5.97 Å². The van der Waals surface area contributed by atoms with Crippen LogP contribution in [0.2, 0.25) is 0 Å².